The molecule has 0 bridgehead atoms. The van der Waals surface area contributed by atoms with Crippen molar-refractivity contribution < 1.29 is 9.15 Å². The quantitative estimate of drug-likeness (QED) is 0.791. The summed E-state index contributed by atoms with van der Waals surface area (Å²) in [5.74, 6) is 0.254. The summed E-state index contributed by atoms with van der Waals surface area (Å²) in [7, 11) is 0. The number of hydrogen-bond donors (Lipinski definition) is 0. The lowest BCUT2D eigenvalue weighted by atomic mass is 10.2. The molecule has 1 aromatic carbocycles. The number of hydrogen-bond acceptors (Lipinski definition) is 3. The fourth-order valence-electron chi connectivity index (χ4n) is 1.33. The first-order chi connectivity index (χ1) is 7.77. The maximum absolute atomic E-state index is 11.6. The summed E-state index contributed by atoms with van der Waals surface area (Å²) < 4.78 is 10.4. The molecule has 1 aromatic heterocycles. The molecule has 0 spiro atoms. The molecule has 3 heteroatoms. The monoisotopic (exact) mass is 216 g/mol. The molecule has 16 heavy (non-hydrogen) atoms. The zero-order valence-corrected chi connectivity index (χ0v) is 8.97. The Hall–Kier alpha value is -2.03. The van der Waals surface area contributed by atoms with Gasteiger partial charge in [0.05, 0.1) is 6.26 Å². The third-order valence-electron chi connectivity index (χ3n) is 2.24. The van der Waals surface area contributed by atoms with E-state index in [1.54, 1.807) is 6.92 Å². The zero-order chi connectivity index (χ0) is 11.4. The van der Waals surface area contributed by atoms with Crippen molar-refractivity contribution in [1.82, 2.24) is 0 Å². The lowest BCUT2D eigenvalue weighted by molar-refractivity contribution is 0.291. The molecule has 0 aliphatic carbocycles. The Balaban J connectivity index is 2.11. The van der Waals surface area contributed by atoms with Gasteiger partial charge in [0, 0.05) is 5.56 Å². The molecule has 0 aliphatic rings. The number of rotatable bonds is 3. The Morgan fingerprint density at radius 3 is 2.69 bits per heavy atom. The summed E-state index contributed by atoms with van der Waals surface area (Å²) in [6.45, 7) is 2.07. The topological polar surface area (TPSA) is 39.4 Å². The molecule has 0 aliphatic heterocycles. The maximum atomic E-state index is 11.6. The van der Waals surface area contributed by atoms with Crippen molar-refractivity contribution in [3.63, 3.8) is 0 Å². The van der Waals surface area contributed by atoms with Gasteiger partial charge in [-0.2, -0.15) is 0 Å². The second-order valence-electron chi connectivity index (χ2n) is 3.52. The van der Waals surface area contributed by atoms with E-state index in [-0.39, 0.29) is 11.2 Å². The van der Waals surface area contributed by atoms with E-state index in [2.05, 4.69) is 0 Å². The Bertz CT molecular complexity index is 514. The highest BCUT2D eigenvalue weighted by Gasteiger charge is 2.04. The molecule has 2 aromatic rings. The van der Waals surface area contributed by atoms with Crippen LogP contribution in [0.2, 0.25) is 0 Å². The minimum atomic E-state index is -0.123. The van der Waals surface area contributed by atoms with Crippen molar-refractivity contribution >= 4 is 0 Å². The smallest absolute Gasteiger partial charge is 0.229 e. The van der Waals surface area contributed by atoms with Crippen LogP contribution in [-0.2, 0) is 6.61 Å². The Kier molecular flexibility index (Phi) is 3.05. The largest absolute Gasteiger partial charge is 0.482 e. The van der Waals surface area contributed by atoms with E-state index in [9.17, 15) is 4.79 Å². The van der Waals surface area contributed by atoms with E-state index >= 15 is 0 Å². The highest BCUT2D eigenvalue weighted by atomic mass is 16.5. The molecule has 0 N–H and O–H groups in total. The Morgan fingerprint density at radius 1 is 1.19 bits per heavy atom. The van der Waals surface area contributed by atoms with Crippen molar-refractivity contribution in [2.75, 3.05) is 0 Å². The normalized spacial score (nSPS) is 10.1. The van der Waals surface area contributed by atoms with E-state index in [1.807, 2.05) is 30.3 Å². The van der Waals surface area contributed by atoms with Crippen molar-refractivity contribution in [3.05, 3.63) is 64.2 Å². The Morgan fingerprint density at radius 2 is 1.94 bits per heavy atom. The number of benzene rings is 1. The van der Waals surface area contributed by atoms with Gasteiger partial charge in [-0.3, -0.25) is 4.79 Å². The van der Waals surface area contributed by atoms with Gasteiger partial charge in [0.2, 0.25) is 11.2 Å². The van der Waals surface area contributed by atoms with E-state index in [1.165, 1.54) is 12.5 Å². The van der Waals surface area contributed by atoms with Crippen molar-refractivity contribution in [1.29, 1.82) is 0 Å². The van der Waals surface area contributed by atoms with Gasteiger partial charge in [-0.05, 0) is 12.5 Å². The van der Waals surface area contributed by atoms with Gasteiger partial charge in [-0.15, -0.1) is 0 Å². The minimum Gasteiger partial charge on any atom is -0.482 e. The maximum Gasteiger partial charge on any atom is 0.229 e. The average molecular weight is 216 g/mol. The SMILES string of the molecule is Cc1cocc(OCc2ccccc2)c1=O. The Labute approximate surface area is 93.3 Å². The summed E-state index contributed by atoms with van der Waals surface area (Å²) in [6, 6.07) is 9.67. The third kappa shape index (κ3) is 2.31. The first kappa shape index (κ1) is 10.5. The molecular weight excluding hydrogens is 204 g/mol. The molecule has 0 fully saturated rings. The first-order valence-corrected chi connectivity index (χ1v) is 5.01. The van der Waals surface area contributed by atoms with Crippen LogP contribution in [0.5, 0.6) is 5.75 Å². The number of ether oxygens (including phenoxy) is 1. The fraction of sp³-hybridized carbons (Fsp3) is 0.154. The van der Waals surface area contributed by atoms with Gasteiger partial charge >= 0.3 is 0 Å². The second-order valence-corrected chi connectivity index (χ2v) is 3.52. The standard InChI is InChI=1S/C13H12O3/c1-10-7-15-9-12(13(10)14)16-8-11-5-3-2-4-6-11/h2-7,9H,8H2,1H3. The van der Waals surface area contributed by atoms with Crippen molar-refractivity contribution in [2.24, 2.45) is 0 Å². The summed E-state index contributed by atoms with van der Waals surface area (Å²) >= 11 is 0. The van der Waals surface area contributed by atoms with Gasteiger partial charge in [-0.1, -0.05) is 30.3 Å². The van der Waals surface area contributed by atoms with Gasteiger partial charge in [0.15, 0.2) is 0 Å². The predicted molar refractivity (Wildman–Crippen MR) is 60.5 cm³/mol. The molecule has 3 nitrogen and oxygen atoms in total. The molecule has 1 heterocycles. The number of aryl methyl sites for hydroxylation is 1. The van der Waals surface area contributed by atoms with Crippen LogP contribution in [0.25, 0.3) is 0 Å². The van der Waals surface area contributed by atoms with E-state index in [0.29, 0.717) is 12.2 Å². The molecule has 0 radical (unpaired) electrons. The van der Waals surface area contributed by atoms with Crippen LogP contribution >= 0.6 is 0 Å². The molecule has 82 valence electrons. The molecule has 0 saturated carbocycles. The highest BCUT2D eigenvalue weighted by Crippen LogP contribution is 2.08. The molecule has 0 atom stereocenters. The van der Waals surface area contributed by atoms with Gasteiger partial charge in [0.25, 0.3) is 0 Å². The van der Waals surface area contributed by atoms with E-state index in [4.69, 9.17) is 9.15 Å². The van der Waals surface area contributed by atoms with Crippen LogP contribution in [0.1, 0.15) is 11.1 Å². The van der Waals surface area contributed by atoms with Crippen LogP contribution in [-0.4, -0.2) is 0 Å². The summed E-state index contributed by atoms with van der Waals surface area (Å²) in [5.41, 5.74) is 1.44. The van der Waals surface area contributed by atoms with Crippen LogP contribution in [0.3, 0.4) is 0 Å². The summed E-state index contributed by atoms with van der Waals surface area (Å²) in [6.07, 6.45) is 2.75. The summed E-state index contributed by atoms with van der Waals surface area (Å²) in [5, 5.41) is 0. The average Bonchev–Trinajstić information content (AvgIpc) is 2.32. The van der Waals surface area contributed by atoms with E-state index < -0.39 is 0 Å². The van der Waals surface area contributed by atoms with Gasteiger partial charge in [-0.25, -0.2) is 0 Å². The van der Waals surface area contributed by atoms with Crippen LogP contribution in [0.15, 0.2) is 52.1 Å². The van der Waals surface area contributed by atoms with E-state index in [0.717, 1.165) is 5.56 Å². The van der Waals surface area contributed by atoms with Crippen LogP contribution in [0, 0.1) is 6.92 Å². The lowest BCUT2D eigenvalue weighted by Crippen LogP contribution is -2.09. The third-order valence-corrected chi connectivity index (χ3v) is 2.24. The minimum absolute atomic E-state index is 0.123. The highest BCUT2D eigenvalue weighted by molar-refractivity contribution is 5.22. The molecule has 0 amide bonds. The second kappa shape index (κ2) is 4.66. The molecular formula is C13H12O3. The molecule has 0 saturated heterocycles. The lowest BCUT2D eigenvalue weighted by Gasteiger charge is -2.04. The molecule has 0 unspecified atom stereocenters. The van der Waals surface area contributed by atoms with Crippen molar-refractivity contribution in [3.8, 4) is 5.75 Å². The predicted octanol–water partition coefficient (Wildman–Crippen LogP) is 2.53. The van der Waals surface area contributed by atoms with Gasteiger partial charge < -0.3 is 9.15 Å². The van der Waals surface area contributed by atoms with Gasteiger partial charge in [0.1, 0.15) is 12.9 Å². The van der Waals surface area contributed by atoms with Crippen LogP contribution < -0.4 is 10.2 Å². The zero-order valence-electron chi connectivity index (χ0n) is 8.97. The first-order valence-electron chi connectivity index (χ1n) is 5.01. The van der Waals surface area contributed by atoms with Crippen molar-refractivity contribution in [2.45, 2.75) is 13.5 Å². The molecule has 2 rings (SSSR count). The van der Waals surface area contributed by atoms with Crippen LogP contribution in [0.4, 0.5) is 0 Å². The summed E-state index contributed by atoms with van der Waals surface area (Å²) in [4.78, 5) is 11.6. The fourth-order valence-corrected chi connectivity index (χ4v) is 1.33.